The number of benzene rings is 3. The molecule has 3 aromatic carbocycles. The second kappa shape index (κ2) is 9.98. The highest BCUT2D eigenvalue weighted by Gasteiger charge is 2.41. The number of amides is 2. The van der Waals surface area contributed by atoms with Crippen molar-refractivity contribution in [2.24, 2.45) is 0 Å². The molecule has 1 fully saturated rings. The van der Waals surface area contributed by atoms with E-state index in [1.54, 1.807) is 12.1 Å². The second-order valence-electron chi connectivity index (χ2n) is 8.36. The molecule has 1 heterocycles. The average Bonchev–Trinajstić information content (AvgIpc) is 3.13. The molecule has 0 bridgehead atoms. The summed E-state index contributed by atoms with van der Waals surface area (Å²) in [4.78, 5) is 28.2. The Morgan fingerprint density at radius 2 is 1.59 bits per heavy atom. The number of thioether (sulfide) groups is 1. The molecule has 0 spiro atoms. The molecule has 0 aliphatic carbocycles. The van der Waals surface area contributed by atoms with E-state index in [1.807, 2.05) is 81.4 Å². The molecular weight excluding hydrogens is 442 g/mol. The Morgan fingerprint density at radius 1 is 0.971 bits per heavy atom. The third-order valence-corrected chi connectivity index (χ3v) is 7.04. The lowest BCUT2D eigenvalue weighted by Gasteiger charge is -2.19. The van der Waals surface area contributed by atoms with Crippen LogP contribution in [0.15, 0.2) is 83.4 Å². The van der Waals surface area contributed by atoms with Gasteiger partial charge in [-0.15, -0.1) is 0 Å². The molecule has 4 rings (SSSR count). The molecule has 1 atom stereocenters. The van der Waals surface area contributed by atoms with E-state index in [1.165, 1.54) is 16.7 Å². The fourth-order valence-electron chi connectivity index (χ4n) is 3.79. The zero-order valence-corrected chi connectivity index (χ0v) is 20.1. The van der Waals surface area contributed by atoms with Gasteiger partial charge < -0.3 is 5.32 Å². The summed E-state index contributed by atoms with van der Waals surface area (Å²) >= 11 is 1.28. The van der Waals surface area contributed by atoms with Gasteiger partial charge in [-0.3, -0.25) is 14.5 Å². The summed E-state index contributed by atoms with van der Waals surface area (Å²) in [7, 11) is 0. The Morgan fingerprint density at radius 3 is 2.21 bits per heavy atom. The molecule has 1 unspecified atom stereocenters. The molecule has 6 heteroatoms. The highest BCUT2D eigenvalue weighted by Crippen LogP contribution is 2.42. The first kappa shape index (κ1) is 23.3. The van der Waals surface area contributed by atoms with E-state index in [0.29, 0.717) is 22.8 Å². The first-order valence-corrected chi connectivity index (χ1v) is 11.9. The minimum Gasteiger partial charge on any atom is -0.321 e. The quantitative estimate of drug-likeness (QED) is 0.387. The fourth-order valence-corrected chi connectivity index (χ4v) is 5.08. The third-order valence-electron chi connectivity index (χ3n) is 5.77. The van der Waals surface area contributed by atoms with Crippen molar-refractivity contribution in [1.82, 2.24) is 0 Å². The number of hydrogen-bond donors (Lipinski definition) is 1. The summed E-state index contributed by atoms with van der Waals surface area (Å²) in [5.41, 5.74) is 5.46. The van der Waals surface area contributed by atoms with Crippen LogP contribution in [0, 0.1) is 32.1 Å². The summed E-state index contributed by atoms with van der Waals surface area (Å²) in [6, 6.07) is 24.9. The molecule has 1 saturated heterocycles. The van der Waals surface area contributed by atoms with E-state index in [4.69, 9.17) is 0 Å². The van der Waals surface area contributed by atoms with Gasteiger partial charge in [-0.05, 0) is 62.6 Å². The van der Waals surface area contributed by atoms with E-state index in [2.05, 4.69) is 11.4 Å². The Balaban J connectivity index is 1.73. The number of aryl methyl sites for hydroxylation is 3. The van der Waals surface area contributed by atoms with Crippen molar-refractivity contribution in [2.45, 2.75) is 32.4 Å². The predicted octanol–water partition coefficient (Wildman–Crippen LogP) is 5.68. The van der Waals surface area contributed by atoms with Gasteiger partial charge in [0, 0.05) is 11.4 Å². The minimum absolute atomic E-state index is 0.0771. The Bertz CT molecular complexity index is 1300. The number of anilines is 2. The van der Waals surface area contributed by atoms with Crippen LogP contribution in [0.4, 0.5) is 11.4 Å². The van der Waals surface area contributed by atoms with Crippen molar-refractivity contribution < 1.29 is 9.59 Å². The first-order valence-electron chi connectivity index (χ1n) is 11.0. The topological polar surface area (TPSA) is 73.2 Å². The van der Waals surface area contributed by atoms with Gasteiger partial charge in [0.05, 0.1) is 5.25 Å². The Kier molecular flexibility index (Phi) is 6.85. The normalized spacial score (nSPS) is 16.8. The summed E-state index contributed by atoms with van der Waals surface area (Å²) in [5.74, 6) is -0.668. The number of nitriles is 1. The van der Waals surface area contributed by atoms with E-state index in [-0.39, 0.29) is 11.5 Å². The number of carbonyl (C=O) groups excluding carboxylic acids is 2. The number of carbonyl (C=O) groups is 2. The van der Waals surface area contributed by atoms with E-state index in [0.717, 1.165) is 22.3 Å². The van der Waals surface area contributed by atoms with Gasteiger partial charge >= 0.3 is 0 Å². The van der Waals surface area contributed by atoms with Crippen LogP contribution in [0.3, 0.4) is 0 Å². The highest BCUT2D eigenvalue weighted by atomic mass is 32.2. The van der Waals surface area contributed by atoms with Gasteiger partial charge in [-0.1, -0.05) is 71.4 Å². The molecule has 34 heavy (non-hydrogen) atoms. The van der Waals surface area contributed by atoms with E-state index < -0.39 is 11.2 Å². The molecule has 0 radical (unpaired) electrons. The van der Waals surface area contributed by atoms with Crippen LogP contribution < -0.4 is 10.2 Å². The van der Waals surface area contributed by atoms with Crippen LogP contribution in [-0.4, -0.2) is 17.1 Å². The van der Waals surface area contributed by atoms with Gasteiger partial charge in [-0.25, -0.2) is 0 Å². The maximum absolute atomic E-state index is 13.6. The molecule has 3 aromatic rings. The number of nitrogens with zero attached hydrogens (tertiary/aromatic N) is 2. The number of nitrogens with one attached hydrogen (secondary N) is 1. The smallest absolute Gasteiger partial charge is 0.269 e. The molecular formula is C28H25N3O2S. The van der Waals surface area contributed by atoms with Crippen molar-refractivity contribution in [3.8, 4) is 6.07 Å². The van der Waals surface area contributed by atoms with E-state index >= 15 is 0 Å². The molecule has 0 saturated carbocycles. The first-order chi connectivity index (χ1) is 16.4. The zero-order chi connectivity index (χ0) is 24.2. The van der Waals surface area contributed by atoms with Crippen LogP contribution in [0.25, 0.3) is 0 Å². The third kappa shape index (κ3) is 4.90. The average molecular weight is 468 g/mol. The minimum atomic E-state index is -0.532. The number of rotatable bonds is 5. The largest absolute Gasteiger partial charge is 0.321 e. The van der Waals surface area contributed by atoms with Crippen molar-refractivity contribution in [3.05, 3.63) is 106 Å². The molecule has 2 amide bonds. The summed E-state index contributed by atoms with van der Waals surface area (Å²) in [6.07, 6.45) is 0.514. The molecule has 1 N–H and O–H groups in total. The molecule has 1 aliphatic heterocycles. The molecule has 1 aliphatic rings. The van der Waals surface area contributed by atoms with Gasteiger partial charge in [-0.2, -0.15) is 5.26 Å². The lowest BCUT2D eigenvalue weighted by molar-refractivity contribution is -0.117. The summed E-state index contributed by atoms with van der Waals surface area (Å²) in [6.45, 7) is 5.95. The molecule has 0 aromatic heterocycles. The van der Waals surface area contributed by atoms with Crippen LogP contribution in [0.1, 0.15) is 22.3 Å². The second-order valence-corrected chi connectivity index (χ2v) is 9.55. The van der Waals surface area contributed by atoms with Crippen molar-refractivity contribution in [3.63, 3.8) is 0 Å². The monoisotopic (exact) mass is 467 g/mol. The zero-order valence-electron chi connectivity index (χ0n) is 19.3. The summed E-state index contributed by atoms with van der Waals surface area (Å²) in [5, 5.41) is 12.7. The lowest BCUT2D eigenvalue weighted by Crippen LogP contribution is -2.31. The highest BCUT2D eigenvalue weighted by molar-refractivity contribution is 8.05. The van der Waals surface area contributed by atoms with Gasteiger partial charge in [0.25, 0.3) is 5.91 Å². The van der Waals surface area contributed by atoms with Crippen molar-refractivity contribution in [2.75, 3.05) is 10.2 Å². The van der Waals surface area contributed by atoms with Gasteiger partial charge in [0.15, 0.2) is 0 Å². The standard InChI is InChI=1S/C28H25N3O2S/c1-18-8-12-22(13-9-18)30-26(32)24(17-29)28-31(23-14-10-19(2)11-15-23)27(33)25(34-28)16-21-7-5-4-6-20(21)3/h4-15,25H,16H2,1-3H3,(H,30,32)/b28-24-. The fraction of sp³-hybridized carbons (Fsp3) is 0.179. The Hall–Kier alpha value is -3.82. The van der Waals surface area contributed by atoms with Crippen molar-refractivity contribution in [1.29, 1.82) is 5.26 Å². The summed E-state index contributed by atoms with van der Waals surface area (Å²) < 4.78 is 0. The predicted molar refractivity (Wildman–Crippen MR) is 137 cm³/mol. The maximum Gasteiger partial charge on any atom is 0.269 e. The Labute approximate surface area is 204 Å². The van der Waals surface area contributed by atoms with Gasteiger partial charge in [0.1, 0.15) is 16.7 Å². The van der Waals surface area contributed by atoms with Gasteiger partial charge in [0.2, 0.25) is 5.91 Å². The molecule has 5 nitrogen and oxygen atoms in total. The lowest BCUT2D eigenvalue weighted by atomic mass is 10.0. The van der Waals surface area contributed by atoms with Crippen LogP contribution in [-0.2, 0) is 16.0 Å². The van der Waals surface area contributed by atoms with Crippen LogP contribution in [0.5, 0.6) is 0 Å². The SMILES string of the molecule is Cc1ccc(NC(=O)/C(C#N)=C2\SC(Cc3ccccc3C)C(=O)N2c2ccc(C)cc2)cc1. The molecule has 170 valence electrons. The maximum atomic E-state index is 13.6. The van der Waals surface area contributed by atoms with Crippen LogP contribution >= 0.6 is 11.8 Å². The van der Waals surface area contributed by atoms with Crippen LogP contribution in [0.2, 0.25) is 0 Å². The van der Waals surface area contributed by atoms with E-state index in [9.17, 15) is 14.9 Å². The van der Waals surface area contributed by atoms with Crippen molar-refractivity contribution >= 4 is 35.0 Å². The number of hydrogen-bond acceptors (Lipinski definition) is 4.